The van der Waals surface area contributed by atoms with Crippen LogP contribution in [-0.4, -0.2) is 15.3 Å². The minimum Gasteiger partial charge on any atom is -0.337 e. The number of nitrogens with zero attached hydrogens (tertiary/aromatic N) is 2. The summed E-state index contributed by atoms with van der Waals surface area (Å²) in [6.07, 6.45) is 16.0. The van der Waals surface area contributed by atoms with Crippen LogP contribution >= 0.6 is 35.0 Å². The van der Waals surface area contributed by atoms with Crippen LogP contribution in [0.15, 0.2) is 36.9 Å². The maximum absolute atomic E-state index is 6.49. The Bertz CT molecular complexity index is 616. The molecule has 0 fully saturated rings. The molecule has 5 heteroatoms. The molecule has 26 heavy (non-hydrogen) atoms. The lowest BCUT2D eigenvalue weighted by Crippen LogP contribution is -2.01. The number of thioether (sulfide) groups is 1. The highest BCUT2D eigenvalue weighted by molar-refractivity contribution is 7.99. The van der Waals surface area contributed by atoms with Gasteiger partial charge in [-0.15, -0.1) is 0 Å². The van der Waals surface area contributed by atoms with E-state index in [1.807, 2.05) is 42.6 Å². The molecule has 0 bridgehead atoms. The number of imidazole rings is 1. The smallest absolute Gasteiger partial charge is 0.0945 e. The fourth-order valence-electron chi connectivity index (χ4n) is 3.08. The number of aromatic nitrogens is 2. The van der Waals surface area contributed by atoms with Gasteiger partial charge in [0.1, 0.15) is 0 Å². The van der Waals surface area contributed by atoms with Crippen molar-refractivity contribution in [1.29, 1.82) is 0 Å². The molecule has 0 aliphatic carbocycles. The van der Waals surface area contributed by atoms with E-state index in [9.17, 15) is 0 Å². The largest absolute Gasteiger partial charge is 0.337 e. The summed E-state index contributed by atoms with van der Waals surface area (Å²) in [5.74, 6) is 1.20. The Labute approximate surface area is 172 Å². The molecular formula is C21H30Cl2N2S. The fraction of sp³-hybridized carbons (Fsp3) is 0.571. The number of rotatable bonds is 13. The van der Waals surface area contributed by atoms with E-state index in [-0.39, 0.29) is 0 Å². The molecule has 1 atom stereocenters. The molecule has 144 valence electrons. The summed E-state index contributed by atoms with van der Waals surface area (Å²) < 4.78 is 2.14. The van der Waals surface area contributed by atoms with Crippen LogP contribution in [0.25, 0.3) is 0 Å². The molecule has 1 aromatic carbocycles. The first-order valence-electron chi connectivity index (χ1n) is 9.73. The molecule has 2 nitrogen and oxygen atoms in total. The maximum atomic E-state index is 6.49. The van der Waals surface area contributed by atoms with Gasteiger partial charge in [-0.05, 0) is 42.7 Å². The molecule has 2 rings (SSSR count). The Hall–Kier alpha value is -0.640. The first-order chi connectivity index (χ1) is 12.7. The topological polar surface area (TPSA) is 17.8 Å². The molecule has 0 saturated heterocycles. The highest BCUT2D eigenvalue weighted by Gasteiger charge is 2.15. The zero-order valence-electron chi connectivity index (χ0n) is 15.7. The third-order valence-electron chi connectivity index (χ3n) is 4.57. The van der Waals surface area contributed by atoms with Crippen LogP contribution in [0.3, 0.4) is 0 Å². The van der Waals surface area contributed by atoms with Gasteiger partial charge < -0.3 is 4.57 Å². The zero-order chi connectivity index (χ0) is 18.6. The Kier molecular flexibility index (Phi) is 10.6. The van der Waals surface area contributed by atoms with E-state index in [1.54, 1.807) is 0 Å². The predicted octanol–water partition coefficient (Wildman–Crippen LogP) is 7.81. The molecule has 0 aliphatic heterocycles. The van der Waals surface area contributed by atoms with E-state index >= 15 is 0 Å². The van der Waals surface area contributed by atoms with Crippen molar-refractivity contribution in [1.82, 2.24) is 9.55 Å². The SMILES string of the molecule is CCCCCCCCSC(CCCn1ccnc1)c1ccc(Cl)cc1Cl. The van der Waals surface area contributed by atoms with E-state index in [0.717, 1.165) is 24.4 Å². The van der Waals surface area contributed by atoms with Crippen molar-refractivity contribution in [2.75, 3.05) is 5.75 Å². The Morgan fingerprint density at radius 3 is 2.62 bits per heavy atom. The average Bonchev–Trinajstić information content (AvgIpc) is 3.13. The summed E-state index contributed by atoms with van der Waals surface area (Å²) in [6.45, 7) is 3.26. The third kappa shape index (κ3) is 7.94. The summed E-state index contributed by atoms with van der Waals surface area (Å²) in [5, 5.41) is 1.93. The van der Waals surface area contributed by atoms with Crippen molar-refractivity contribution in [2.45, 2.75) is 70.1 Å². The van der Waals surface area contributed by atoms with Gasteiger partial charge >= 0.3 is 0 Å². The van der Waals surface area contributed by atoms with Crippen LogP contribution < -0.4 is 0 Å². The first kappa shape index (κ1) is 21.7. The maximum Gasteiger partial charge on any atom is 0.0945 e. The number of halogens is 2. The minimum absolute atomic E-state index is 0.430. The standard InChI is InChI=1S/C21H30Cl2N2S/c1-2-3-4-5-6-7-15-26-21(9-8-13-25-14-12-24-17-25)19-11-10-18(22)16-20(19)23/h10-12,14,16-17,21H,2-9,13,15H2,1H3. The van der Waals surface area contributed by atoms with Gasteiger partial charge in [-0.3, -0.25) is 0 Å². The molecule has 0 radical (unpaired) electrons. The van der Waals surface area contributed by atoms with Crippen molar-refractivity contribution in [2.24, 2.45) is 0 Å². The molecular weight excluding hydrogens is 383 g/mol. The van der Waals surface area contributed by atoms with E-state index in [1.165, 1.54) is 49.8 Å². The summed E-state index contributed by atoms with van der Waals surface area (Å²) in [5.41, 5.74) is 1.22. The normalized spacial score (nSPS) is 12.4. The highest BCUT2D eigenvalue weighted by atomic mass is 35.5. The van der Waals surface area contributed by atoms with Crippen LogP contribution in [0.1, 0.15) is 69.1 Å². The molecule has 0 N–H and O–H groups in total. The van der Waals surface area contributed by atoms with Gasteiger partial charge in [0.05, 0.1) is 6.33 Å². The van der Waals surface area contributed by atoms with Crippen LogP contribution in [0.4, 0.5) is 0 Å². The fourth-order valence-corrected chi connectivity index (χ4v) is 5.06. The number of hydrogen-bond acceptors (Lipinski definition) is 2. The lowest BCUT2D eigenvalue weighted by atomic mass is 10.1. The summed E-state index contributed by atoms with van der Waals surface area (Å²) in [6, 6.07) is 5.92. The number of unbranched alkanes of at least 4 members (excludes halogenated alkanes) is 5. The zero-order valence-corrected chi connectivity index (χ0v) is 18.0. The second-order valence-corrected chi connectivity index (χ2v) is 8.89. The van der Waals surface area contributed by atoms with Crippen molar-refractivity contribution in [3.05, 3.63) is 52.5 Å². The van der Waals surface area contributed by atoms with Crippen molar-refractivity contribution < 1.29 is 0 Å². The van der Waals surface area contributed by atoms with Crippen molar-refractivity contribution >= 4 is 35.0 Å². The molecule has 0 amide bonds. The van der Waals surface area contributed by atoms with Crippen LogP contribution in [0, 0.1) is 0 Å². The van der Waals surface area contributed by atoms with Crippen LogP contribution in [0.5, 0.6) is 0 Å². The van der Waals surface area contributed by atoms with Gasteiger partial charge in [-0.25, -0.2) is 4.98 Å². The van der Waals surface area contributed by atoms with Gasteiger partial charge in [0.15, 0.2) is 0 Å². The Morgan fingerprint density at radius 1 is 1.08 bits per heavy atom. The van der Waals surface area contributed by atoms with Crippen molar-refractivity contribution in [3.8, 4) is 0 Å². The van der Waals surface area contributed by atoms with Crippen LogP contribution in [-0.2, 0) is 6.54 Å². The third-order valence-corrected chi connectivity index (χ3v) is 6.55. The molecule has 1 unspecified atom stereocenters. The van der Waals surface area contributed by atoms with E-state index in [2.05, 4.69) is 22.5 Å². The number of benzene rings is 1. The summed E-state index contributed by atoms with van der Waals surface area (Å²) in [7, 11) is 0. The quantitative estimate of drug-likeness (QED) is 0.312. The summed E-state index contributed by atoms with van der Waals surface area (Å²) in [4.78, 5) is 4.12. The molecule has 0 aliphatic rings. The number of aryl methyl sites for hydroxylation is 1. The van der Waals surface area contributed by atoms with E-state index < -0.39 is 0 Å². The van der Waals surface area contributed by atoms with E-state index in [4.69, 9.17) is 23.2 Å². The summed E-state index contributed by atoms with van der Waals surface area (Å²) >= 11 is 14.6. The number of hydrogen-bond donors (Lipinski definition) is 0. The monoisotopic (exact) mass is 412 g/mol. The van der Waals surface area contributed by atoms with Gasteiger partial charge in [0.25, 0.3) is 0 Å². The lowest BCUT2D eigenvalue weighted by molar-refractivity contribution is 0.602. The highest BCUT2D eigenvalue weighted by Crippen LogP contribution is 2.38. The second kappa shape index (κ2) is 12.7. The van der Waals surface area contributed by atoms with Gasteiger partial charge in [-0.1, -0.05) is 68.3 Å². The van der Waals surface area contributed by atoms with Gasteiger partial charge in [-0.2, -0.15) is 11.8 Å². The molecule has 0 saturated carbocycles. The van der Waals surface area contributed by atoms with E-state index in [0.29, 0.717) is 10.3 Å². The Balaban J connectivity index is 1.84. The molecule has 1 heterocycles. The predicted molar refractivity (Wildman–Crippen MR) is 116 cm³/mol. The second-order valence-electron chi connectivity index (χ2n) is 6.74. The molecule has 0 spiro atoms. The lowest BCUT2D eigenvalue weighted by Gasteiger charge is -2.19. The molecule has 1 aromatic heterocycles. The first-order valence-corrected chi connectivity index (χ1v) is 11.5. The molecule has 2 aromatic rings. The van der Waals surface area contributed by atoms with Gasteiger partial charge in [0, 0.05) is 34.2 Å². The minimum atomic E-state index is 0.430. The Morgan fingerprint density at radius 2 is 1.88 bits per heavy atom. The van der Waals surface area contributed by atoms with Gasteiger partial charge in [0.2, 0.25) is 0 Å². The average molecular weight is 413 g/mol. The van der Waals surface area contributed by atoms with Crippen LogP contribution in [0.2, 0.25) is 10.0 Å². The van der Waals surface area contributed by atoms with Crippen molar-refractivity contribution in [3.63, 3.8) is 0 Å².